The quantitative estimate of drug-likeness (QED) is 0.831. The van der Waals surface area contributed by atoms with E-state index in [2.05, 4.69) is 50.4 Å². The lowest BCUT2D eigenvalue weighted by Crippen LogP contribution is -2.36. The van der Waals surface area contributed by atoms with Crippen molar-refractivity contribution in [2.45, 2.75) is 51.9 Å². The van der Waals surface area contributed by atoms with E-state index in [1.165, 1.54) is 11.1 Å². The third-order valence-corrected chi connectivity index (χ3v) is 3.71. The zero-order valence-corrected chi connectivity index (χ0v) is 12.9. The highest BCUT2D eigenvalue weighted by Crippen LogP contribution is 2.30. The van der Waals surface area contributed by atoms with Crippen LogP contribution in [0.2, 0.25) is 0 Å². The Morgan fingerprint density at radius 2 is 2.15 bits per heavy atom. The van der Waals surface area contributed by atoms with Crippen molar-refractivity contribution in [2.75, 3.05) is 19.8 Å². The number of rotatable bonds is 7. The fraction of sp³-hybridized carbons (Fsp3) is 0.647. The zero-order chi connectivity index (χ0) is 14.4. The molecule has 112 valence electrons. The van der Waals surface area contributed by atoms with Crippen molar-refractivity contribution in [1.29, 1.82) is 0 Å². The maximum absolute atomic E-state index is 5.99. The van der Waals surface area contributed by atoms with Gasteiger partial charge in [-0.2, -0.15) is 0 Å². The summed E-state index contributed by atoms with van der Waals surface area (Å²) in [6.45, 7) is 8.82. The van der Waals surface area contributed by atoms with Crippen LogP contribution in [0.3, 0.4) is 0 Å². The Morgan fingerprint density at radius 1 is 1.35 bits per heavy atom. The van der Waals surface area contributed by atoms with E-state index in [9.17, 15) is 0 Å². The second-order valence-corrected chi connectivity index (χ2v) is 5.68. The van der Waals surface area contributed by atoms with Crippen LogP contribution >= 0.6 is 0 Å². The summed E-state index contributed by atoms with van der Waals surface area (Å²) in [4.78, 5) is 0. The Morgan fingerprint density at radius 3 is 2.90 bits per heavy atom. The molecule has 0 aliphatic carbocycles. The number of fused-ring (bicyclic) bond motifs is 1. The van der Waals surface area contributed by atoms with Crippen LogP contribution in [0.5, 0.6) is 0 Å². The first-order valence-corrected chi connectivity index (χ1v) is 7.75. The van der Waals surface area contributed by atoms with Gasteiger partial charge in [0.15, 0.2) is 0 Å². The highest BCUT2D eigenvalue weighted by atomic mass is 16.5. The number of hydrogen-bond acceptors (Lipinski definition) is 3. The van der Waals surface area contributed by atoms with Crippen LogP contribution in [-0.2, 0) is 15.9 Å². The number of nitrogens with one attached hydrogen (secondary N) is 1. The molecule has 1 aliphatic rings. The number of benzene rings is 1. The van der Waals surface area contributed by atoms with Gasteiger partial charge in [-0.25, -0.2) is 0 Å². The van der Waals surface area contributed by atoms with Crippen molar-refractivity contribution in [3.8, 4) is 0 Å². The summed E-state index contributed by atoms with van der Waals surface area (Å²) in [5.74, 6) is 0. The van der Waals surface area contributed by atoms with Crippen molar-refractivity contribution in [3.63, 3.8) is 0 Å². The van der Waals surface area contributed by atoms with Crippen LogP contribution in [0.15, 0.2) is 24.3 Å². The van der Waals surface area contributed by atoms with Gasteiger partial charge >= 0.3 is 0 Å². The standard InChI is InChI=1S/C17H27NO2/c1-4-18-15(12-20-13(2)3)11-17-16-8-6-5-7-14(16)9-10-19-17/h5-8,13,15,17-18H,4,9-12H2,1-3H3. The highest BCUT2D eigenvalue weighted by Gasteiger charge is 2.24. The van der Waals surface area contributed by atoms with E-state index in [1.807, 2.05) is 0 Å². The number of likely N-dealkylation sites (N-methyl/N-ethyl adjacent to an activating group) is 1. The minimum Gasteiger partial charge on any atom is -0.377 e. The van der Waals surface area contributed by atoms with E-state index < -0.39 is 0 Å². The monoisotopic (exact) mass is 277 g/mol. The molecule has 0 aromatic heterocycles. The predicted molar refractivity (Wildman–Crippen MR) is 82.0 cm³/mol. The van der Waals surface area contributed by atoms with Gasteiger partial charge in [-0.3, -0.25) is 0 Å². The molecule has 1 aromatic carbocycles. The minimum absolute atomic E-state index is 0.194. The molecule has 2 atom stereocenters. The highest BCUT2D eigenvalue weighted by molar-refractivity contribution is 5.31. The SMILES string of the molecule is CCNC(COC(C)C)CC1OCCc2ccccc21. The maximum Gasteiger partial charge on any atom is 0.0843 e. The van der Waals surface area contributed by atoms with Gasteiger partial charge in [-0.05, 0) is 44.4 Å². The van der Waals surface area contributed by atoms with Gasteiger partial charge in [-0.1, -0.05) is 31.2 Å². The third-order valence-electron chi connectivity index (χ3n) is 3.71. The molecule has 1 aromatic rings. The van der Waals surface area contributed by atoms with Gasteiger partial charge in [0, 0.05) is 6.04 Å². The molecule has 0 spiro atoms. The van der Waals surface area contributed by atoms with E-state index in [0.29, 0.717) is 6.04 Å². The maximum atomic E-state index is 5.99. The molecule has 0 saturated heterocycles. The molecule has 1 aliphatic heterocycles. The third kappa shape index (κ3) is 4.30. The summed E-state index contributed by atoms with van der Waals surface area (Å²) in [6, 6.07) is 8.99. The van der Waals surface area contributed by atoms with Crippen molar-refractivity contribution in [3.05, 3.63) is 35.4 Å². The molecule has 0 amide bonds. The number of hydrogen-bond donors (Lipinski definition) is 1. The van der Waals surface area contributed by atoms with Gasteiger partial charge in [0.2, 0.25) is 0 Å². The first kappa shape index (κ1) is 15.5. The summed E-state index contributed by atoms with van der Waals surface area (Å²) in [6.07, 6.45) is 2.47. The van der Waals surface area contributed by atoms with Gasteiger partial charge in [0.25, 0.3) is 0 Å². The first-order valence-electron chi connectivity index (χ1n) is 7.75. The molecule has 0 bridgehead atoms. The van der Waals surface area contributed by atoms with E-state index in [0.717, 1.165) is 32.6 Å². The molecule has 3 heteroatoms. The average Bonchev–Trinajstić information content (AvgIpc) is 2.45. The minimum atomic E-state index is 0.194. The molecule has 1 heterocycles. The van der Waals surface area contributed by atoms with Gasteiger partial charge < -0.3 is 14.8 Å². The van der Waals surface area contributed by atoms with Gasteiger partial charge in [0.1, 0.15) is 0 Å². The van der Waals surface area contributed by atoms with Crippen LogP contribution in [0.4, 0.5) is 0 Å². The Kier molecular flexibility index (Phi) is 6.02. The lowest BCUT2D eigenvalue weighted by atomic mass is 9.93. The fourth-order valence-electron chi connectivity index (χ4n) is 2.74. The molecular formula is C17H27NO2. The van der Waals surface area contributed by atoms with Crippen molar-refractivity contribution in [1.82, 2.24) is 5.32 Å². The van der Waals surface area contributed by atoms with Crippen LogP contribution in [0.1, 0.15) is 44.4 Å². The second-order valence-electron chi connectivity index (χ2n) is 5.68. The first-order chi connectivity index (χ1) is 9.70. The Balaban J connectivity index is 2.00. The van der Waals surface area contributed by atoms with Gasteiger partial charge in [-0.15, -0.1) is 0 Å². The molecule has 0 fully saturated rings. The topological polar surface area (TPSA) is 30.5 Å². The Bertz CT molecular complexity index is 406. The van der Waals surface area contributed by atoms with E-state index in [-0.39, 0.29) is 12.2 Å². The molecule has 20 heavy (non-hydrogen) atoms. The normalized spacial score (nSPS) is 19.9. The number of ether oxygens (including phenoxy) is 2. The molecular weight excluding hydrogens is 250 g/mol. The summed E-state index contributed by atoms with van der Waals surface area (Å²) in [7, 11) is 0. The fourth-order valence-corrected chi connectivity index (χ4v) is 2.74. The van der Waals surface area contributed by atoms with E-state index in [1.54, 1.807) is 0 Å². The van der Waals surface area contributed by atoms with Crippen LogP contribution < -0.4 is 5.32 Å². The largest absolute Gasteiger partial charge is 0.377 e. The Hall–Kier alpha value is -0.900. The van der Waals surface area contributed by atoms with Crippen LogP contribution in [0.25, 0.3) is 0 Å². The van der Waals surface area contributed by atoms with Gasteiger partial charge in [0.05, 0.1) is 25.4 Å². The molecule has 2 rings (SSSR count). The molecule has 0 radical (unpaired) electrons. The lowest BCUT2D eigenvalue weighted by Gasteiger charge is -2.30. The summed E-state index contributed by atoms with van der Waals surface area (Å²) >= 11 is 0. The van der Waals surface area contributed by atoms with Crippen molar-refractivity contribution in [2.24, 2.45) is 0 Å². The smallest absolute Gasteiger partial charge is 0.0843 e. The molecule has 1 N–H and O–H groups in total. The molecule has 0 saturated carbocycles. The van der Waals surface area contributed by atoms with Crippen LogP contribution in [-0.4, -0.2) is 31.9 Å². The zero-order valence-electron chi connectivity index (χ0n) is 12.9. The van der Waals surface area contributed by atoms with E-state index in [4.69, 9.17) is 9.47 Å². The van der Waals surface area contributed by atoms with Crippen LogP contribution in [0, 0.1) is 0 Å². The van der Waals surface area contributed by atoms with E-state index >= 15 is 0 Å². The van der Waals surface area contributed by atoms with Crippen molar-refractivity contribution >= 4 is 0 Å². The van der Waals surface area contributed by atoms with Crippen molar-refractivity contribution < 1.29 is 9.47 Å². The lowest BCUT2D eigenvalue weighted by molar-refractivity contribution is 0.00822. The summed E-state index contributed by atoms with van der Waals surface area (Å²) in [5.41, 5.74) is 2.79. The second kappa shape index (κ2) is 7.77. The molecule has 2 unspecified atom stereocenters. The summed E-state index contributed by atoms with van der Waals surface area (Å²) < 4.78 is 11.8. The molecule has 3 nitrogen and oxygen atoms in total. The summed E-state index contributed by atoms with van der Waals surface area (Å²) in [5, 5.41) is 3.51. The Labute approximate surface area is 122 Å². The predicted octanol–water partition coefficient (Wildman–Crippen LogP) is 3.09. The average molecular weight is 277 g/mol.